The van der Waals surface area contributed by atoms with Crippen molar-refractivity contribution in [2.75, 3.05) is 0 Å². The van der Waals surface area contributed by atoms with E-state index in [4.69, 9.17) is 4.74 Å². The Morgan fingerprint density at radius 3 is 2.39 bits per heavy atom. The van der Waals surface area contributed by atoms with E-state index in [1.807, 2.05) is 30.3 Å². The maximum absolute atomic E-state index is 12.5. The minimum atomic E-state index is -0.136. The monoisotopic (exact) mass is 380 g/mol. The molecule has 0 bridgehead atoms. The van der Waals surface area contributed by atoms with Gasteiger partial charge in [-0.3, -0.25) is 4.79 Å². The average molecular weight is 381 g/mol. The van der Waals surface area contributed by atoms with Gasteiger partial charge in [0.25, 0.3) is 0 Å². The third kappa shape index (κ3) is 7.88. The minimum absolute atomic E-state index is 0.0416. The van der Waals surface area contributed by atoms with Crippen LogP contribution in [0.4, 0.5) is 0 Å². The van der Waals surface area contributed by atoms with Crippen molar-refractivity contribution < 1.29 is 9.53 Å². The van der Waals surface area contributed by atoms with Crippen LogP contribution in [-0.4, -0.2) is 12.1 Å². The molecule has 2 heteroatoms. The highest BCUT2D eigenvalue weighted by molar-refractivity contribution is 5.89. The lowest BCUT2D eigenvalue weighted by Gasteiger charge is -2.17. The largest absolute Gasteiger partial charge is 0.462 e. The molecule has 1 atom stereocenters. The van der Waals surface area contributed by atoms with Crippen LogP contribution < -0.4 is 0 Å². The highest BCUT2D eigenvalue weighted by Crippen LogP contribution is 2.20. The van der Waals surface area contributed by atoms with Gasteiger partial charge in [-0.05, 0) is 29.2 Å². The van der Waals surface area contributed by atoms with Crippen molar-refractivity contribution in [3.63, 3.8) is 0 Å². The van der Waals surface area contributed by atoms with Crippen molar-refractivity contribution in [2.24, 2.45) is 0 Å². The molecular formula is C26H36O2. The van der Waals surface area contributed by atoms with E-state index < -0.39 is 0 Å². The van der Waals surface area contributed by atoms with Gasteiger partial charge in [-0.2, -0.15) is 0 Å². The van der Waals surface area contributed by atoms with Crippen LogP contribution in [-0.2, 0) is 16.0 Å². The van der Waals surface area contributed by atoms with Crippen molar-refractivity contribution >= 4 is 16.7 Å². The summed E-state index contributed by atoms with van der Waals surface area (Å²) < 4.78 is 5.79. The first-order valence-corrected chi connectivity index (χ1v) is 11.0. The molecule has 0 spiro atoms. The SMILES string of the molecule is C=CCC(CCCCCCCCCC)OC(=O)Cc1cccc2ccccc12. The highest BCUT2D eigenvalue weighted by atomic mass is 16.5. The summed E-state index contributed by atoms with van der Waals surface area (Å²) in [6.07, 6.45) is 14.1. The summed E-state index contributed by atoms with van der Waals surface area (Å²) in [5.74, 6) is -0.136. The van der Waals surface area contributed by atoms with E-state index in [0.717, 1.165) is 35.6 Å². The van der Waals surface area contributed by atoms with Gasteiger partial charge in [0, 0.05) is 6.42 Å². The number of carbonyl (C=O) groups is 1. The van der Waals surface area contributed by atoms with E-state index in [0.29, 0.717) is 6.42 Å². The Bertz CT molecular complexity index is 714. The number of hydrogen-bond acceptors (Lipinski definition) is 2. The Hall–Kier alpha value is -2.09. The number of carbonyl (C=O) groups excluding carboxylic acids is 1. The van der Waals surface area contributed by atoms with Gasteiger partial charge in [-0.1, -0.05) is 100 Å². The normalized spacial score (nSPS) is 12.0. The lowest BCUT2D eigenvalue weighted by molar-refractivity contribution is -0.148. The van der Waals surface area contributed by atoms with Crippen molar-refractivity contribution in [3.05, 3.63) is 60.7 Å². The molecule has 0 aromatic heterocycles. The molecule has 2 rings (SSSR count). The summed E-state index contributed by atoms with van der Waals surface area (Å²) in [5, 5.41) is 2.29. The predicted octanol–water partition coefficient (Wildman–Crippen LogP) is 7.40. The minimum Gasteiger partial charge on any atom is -0.462 e. The molecule has 0 saturated heterocycles. The number of fused-ring (bicyclic) bond motifs is 1. The van der Waals surface area contributed by atoms with Crippen LogP contribution in [0.5, 0.6) is 0 Å². The zero-order valence-corrected chi connectivity index (χ0v) is 17.5. The van der Waals surface area contributed by atoms with Crippen molar-refractivity contribution in [3.8, 4) is 0 Å². The first kappa shape index (κ1) is 22.2. The summed E-state index contributed by atoms with van der Waals surface area (Å²) in [7, 11) is 0. The van der Waals surface area contributed by atoms with E-state index in [9.17, 15) is 4.79 Å². The fourth-order valence-corrected chi connectivity index (χ4v) is 3.75. The van der Waals surface area contributed by atoms with Crippen molar-refractivity contribution in [1.29, 1.82) is 0 Å². The summed E-state index contributed by atoms with van der Waals surface area (Å²) in [5.41, 5.74) is 1.03. The van der Waals surface area contributed by atoms with Gasteiger partial charge in [0.15, 0.2) is 0 Å². The smallest absolute Gasteiger partial charge is 0.310 e. The second-order valence-corrected chi connectivity index (χ2v) is 7.71. The predicted molar refractivity (Wildman–Crippen MR) is 120 cm³/mol. The van der Waals surface area contributed by atoms with E-state index in [1.165, 1.54) is 44.9 Å². The van der Waals surface area contributed by atoms with E-state index in [2.05, 4.69) is 31.7 Å². The van der Waals surface area contributed by atoms with Gasteiger partial charge >= 0.3 is 5.97 Å². The van der Waals surface area contributed by atoms with Crippen LogP contribution in [0.1, 0.15) is 76.7 Å². The molecule has 1 unspecified atom stereocenters. The molecule has 0 aliphatic heterocycles. The molecule has 0 aliphatic carbocycles. The molecule has 2 aromatic carbocycles. The van der Waals surface area contributed by atoms with Crippen LogP contribution in [0.3, 0.4) is 0 Å². The van der Waals surface area contributed by atoms with E-state index in [-0.39, 0.29) is 12.1 Å². The summed E-state index contributed by atoms with van der Waals surface area (Å²) in [4.78, 5) is 12.5. The van der Waals surface area contributed by atoms with Crippen LogP contribution in [0.2, 0.25) is 0 Å². The second kappa shape index (κ2) is 13.1. The lowest BCUT2D eigenvalue weighted by Crippen LogP contribution is -2.19. The Kier molecular flexibility index (Phi) is 10.4. The van der Waals surface area contributed by atoms with Gasteiger partial charge < -0.3 is 4.74 Å². The summed E-state index contributed by atoms with van der Waals surface area (Å²) in [6, 6.07) is 14.3. The molecule has 0 heterocycles. The van der Waals surface area contributed by atoms with E-state index in [1.54, 1.807) is 0 Å². The van der Waals surface area contributed by atoms with Crippen LogP contribution in [0.15, 0.2) is 55.1 Å². The molecule has 0 saturated carbocycles. The standard InChI is InChI=1S/C26H36O2/c1-3-5-6-7-8-9-10-11-19-24(15-4-2)28-26(27)21-23-18-14-17-22-16-12-13-20-25(22)23/h4,12-14,16-18,20,24H,2-3,5-11,15,19,21H2,1H3. The molecule has 0 aliphatic rings. The first-order chi connectivity index (χ1) is 13.7. The third-order valence-corrected chi connectivity index (χ3v) is 5.32. The third-order valence-electron chi connectivity index (χ3n) is 5.32. The van der Waals surface area contributed by atoms with Crippen molar-refractivity contribution in [2.45, 2.75) is 83.7 Å². The summed E-state index contributed by atoms with van der Waals surface area (Å²) >= 11 is 0. The molecule has 28 heavy (non-hydrogen) atoms. The number of rotatable bonds is 14. The van der Waals surface area contributed by atoms with Crippen LogP contribution >= 0.6 is 0 Å². The van der Waals surface area contributed by atoms with Crippen LogP contribution in [0.25, 0.3) is 10.8 Å². The quantitative estimate of drug-likeness (QED) is 0.194. The molecule has 0 radical (unpaired) electrons. The summed E-state index contributed by atoms with van der Waals surface area (Å²) in [6.45, 7) is 6.08. The topological polar surface area (TPSA) is 26.3 Å². The van der Waals surface area contributed by atoms with Gasteiger partial charge in [0.2, 0.25) is 0 Å². The van der Waals surface area contributed by atoms with Gasteiger partial charge in [0.1, 0.15) is 6.10 Å². The number of benzene rings is 2. The fraction of sp³-hybridized carbons (Fsp3) is 0.500. The number of unbranched alkanes of at least 4 members (excludes halogenated alkanes) is 7. The number of esters is 1. The Morgan fingerprint density at radius 1 is 0.964 bits per heavy atom. The lowest BCUT2D eigenvalue weighted by atomic mass is 10.0. The highest BCUT2D eigenvalue weighted by Gasteiger charge is 2.14. The average Bonchev–Trinajstić information content (AvgIpc) is 2.70. The molecule has 2 aromatic rings. The van der Waals surface area contributed by atoms with Crippen molar-refractivity contribution in [1.82, 2.24) is 0 Å². The zero-order chi connectivity index (χ0) is 20.0. The molecule has 152 valence electrons. The number of ether oxygens (including phenoxy) is 1. The number of hydrogen-bond donors (Lipinski definition) is 0. The molecule has 0 amide bonds. The van der Waals surface area contributed by atoms with Gasteiger partial charge in [-0.25, -0.2) is 0 Å². The molecular weight excluding hydrogens is 344 g/mol. The van der Waals surface area contributed by atoms with E-state index >= 15 is 0 Å². The molecule has 0 fully saturated rings. The first-order valence-electron chi connectivity index (χ1n) is 11.0. The maximum Gasteiger partial charge on any atom is 0.310 e. The Morgan fingerprint density at radius 2 is 1.64 bits per heavy atom. The zero-order valence-electron chi connectivity index (χ0n) is 17.5. The van der Waals surface area contributed by atoms with Gasteiger partial charge in [-0.15, -0.1) is 6.58 Å². The molecule has 0 N–H and O–H groups in total. The van der Waals surface area contributed by atoms with Gasteiger partial charge in [0.05, 0.1) is 6.42 Å². The Labute approximate surface area is 171 Å². The maximum atomic E-state index is 12.5. The molecule has 2 nitrogen and oxygen atoms in total. The fourth-order valence-electron chi connectivity index (χ4n) is 3.75. The Balaban J connectivity index is 1.76. The second-order valence-electron chi connectivity index (χ2n) is 7.71. The van der Waals surface area contributed by atoms with Crippen LogP contribution in [0, 0.1) is 0 Å².